The lowest BCUT2D eigenvalue weighted by atomic mass is 10.2. The zero-order valence-electron chi connectivity index (χ0n) is 5.26. The molecule has 0 bridgehead atoms. The number of hydrogen-bond acceptors (Lipinski definition) is 2. The number of aliphatic imine (C=N–C) groups is 1. The number of carbonyl (C=O) groups is 1. The van der Waals surface area contributed by atoms with Gasteiger partial charge in [0.25, 0.3) is 0 Å². The molecule has 0 aromatic rings. The van der Waals surface area contributed by atoms with E-state index in [4.69, 9.17) is 4.74 Å². The van der Waals surface area contributed by atoms with Gasteiger partial charge in [-0.3, -0.25) is 0 Å². The minimum Gasteiger partial charge on any atom is -0.578 e. The number of amides is 1. The van der Waals surface area contributed by atoms with E-state index in [0.717, 1.165) is 12.8 Å². The Labute approximate surface area is 53.7 Å². The predicted molar refractivity (Wildman–Crippen MR) is 32.2 cm³/mol. The van der Waals surface area contributed by atoms with Crippen LogP contribution in [0.25, 0.3) is 0 Å². The second kappa shape index (κ2) is 2.62. The summed E-state index contributed by atoms with van der Waals surface area (Å²) in [6.45, 7) is 2.00. The summed E-state index contributed by atoms with van der Waals surface area (Å²) in [7, 11) is 0. The fraction of sp³-hybridized carbons (Fsp3) is 0.667. The van der Waals surface area contributed by atoms with Crippen LogP contribution in [0.2, 0.25) is 0 Å². The molecular weight excluding hydrogens is 118 g/mol. The molecule has 0 saturated heterocycles. The van der Waals surface area contributed by atoms with Crippen LogP contribution in [0.1, 0.15) is 19.8 Å². The lowest BCUT2D eigenvalue weighted by Crippen LogP contribution is -2.15. The number of nitrogens with zero attached hydrogens (tertiary/aromatic N) is 1. The fourth-order valence-electron chi connectivity index (χ4n) is 0.702. The Hall–Kier alpha value is -0.860. The highest BCUT2D eigenvalue weighted by Gasteiger charge is 2.10. The molecule has 3 nitrogen and oxygen atoms in total. The number of hydrogen-bond donors (Lipinski definition) is 0. The third-order valence-electron chi connectivity index (χ3n) is 1.18. The van der Waals surface area contributed by atoms with E-state index in [1.54, 1.807) is 0 Å². The fourth-order valence-corrected chi connectivity index (χ4v) is 0.702. The van der Waals surface area contributed by atoms with E-state index < -0.39 is 0 Å². The molecule has 0 aromatic heterocycles. The minimum atomic E-state index is -0.338. The van der Waals surface area contributed by atoms with Gasteiger partial charge in [-0.2, -0.15) is 0 Å². The molecule has 0 spiro atoms. The number of carbonyl (C=O) groups excluding carboxylic acids is 1. The molecule has 1 amide bonds. The van der Waals surface area contributed by atoms with E-state index in [2.05, 4.69) is 11.4 Å². The summed E-state index contributed by atoms with van der Waals surface area (Å²) in [5.41, 5.74) is 0. The highest BCUT2D eigenvalue weighted by Crippen LogP contribution is 2.07. The molecule has 0 aliphatic carbocycles. The van der Waals surface area contributed by atoms with E-state index in [1.807, 2.05) is 6.92 Å². The Kier molecular flexibility index (Phi) is 1.82. The Morgan fingerprint density at radius 3 is 3.11 bits per heavy atom. The highest BCUT2D eigenvalue weighted by atomic mass is 16.5. The van der Waals surface area contributed by atoms with Crippen LogP contribution in [0.4, 0.5) is 0 Å². The lowest BCUT2D eigenvalue weighted by molar-refractivity contribution is -0.122. The van der Waals surface area contributed by atoms with Crippen molar-refractivity contribution in [2.45, 2.75) is 25.9 Å². The quantitative estimate of drug-likeness (QED) is 0.508. The Bertz CT molecular complexity index is 142. The third-order valence-corrected chi connectivity index (χ3v) is 1.18. The maximum atomic E-state index is 10.6. The van der Waals surface area contributed by atoms with Crippen LogP contribution in [0, 0.1) is 0 Å². The van der Waals surface area contributed by atoms with Crippen molar-refractivity contribution < 1.29 is 9.53 Å². The Morgan fingerprint density at radius 2 is 2.67 bits per heavy atom. The van der Waals surface area contributed by atoms with Gasteiger partial charge >= 0.3 is 0 Å². The zero-order chi connectivity index (χ0) is 6.69. The molecule has 0 saturated carbocycles. The predicted octanol–water partition coefficient (Wildman–Crippen LogP) is 0.617. The van der Waals surface area contributed by atoms with Crippen LogP contribution < -0.4 is 0 Å². The van der Waals surface area contributed by atoms with Crippen LogP contribution in [-0.2, 0) is 9.53 Å². The minimum absolute atomic E-state index is 0.197. The van der Waals surface area contributed by atoms with Gasteiger partial charge in [0.1, 0.15) is 5.91 Å². The molecular formula is C6H8NO2-. The standard InChI is InChI=1S/C6H8NO2/c1-2-3-5-6(8)7-4-9-5/h5H,2-3H2,1H3/q-1. The van der Waals surface area contributed by atoms with Gasteiger partial charge in [0.15, 0.2) is 0 Å². The lowest BCUT2D eigenvalue weighted by Gasteiger charge is -2.11. The van der Waals surface area contributed by atoms with Gasteiger partial charge in [-0.1, -0.05) is 13.3 Å². The summed E-state index contributed by atoms with van der Waals surface area (Å²) in [4.78, 5) is 13.9. The molecule has 1 aliphatic rings. The van der Waals surface area contributed by atoms with Gasteiger partial charge in [-0.25, -0.2) is 0 Å². The van der Waals surface area contributed by atoms with Gasteiger partial charge in [0.05, 0.1) is 6.10 Å². The second-order valence-electron chi connectivity index (χ2n) is 1.94. The van der Waals surface area contributed by atoms with E-state index in [1.165, 1.54) is 0 Å². The average molecular weight is 126 g/mol. The molecule has 1 aliphatic heterocycles. The molecule has 1 rings (SSSR count). The van der Waals surface area contributed by atoms with Gasteiger partial charge in [-0.15, -0.1) is 0 Å². The van der Waals surface area contributed by atoms with Crippen molar-refractivity contribution in [2.75, 3.05) is 0 Å². The summed E-state index contributed by atoms with van der Waals surface area (Å²) in [6.07, 6.45) is 3.53. The first-order chi connectivity index (χ1) is 4.34. The van der Waals surface area contributed by atoms with Crippen LogP contribution in [-0.4, -0.2) is 18.4 Å². The molecule has 0 aromatic carbocycles. The van der Waals surface area contributed by atoms with Crippen molar-refractivity contribution in [3.05, 3.63) is 0 Å². The maximum absolute atomic E-state index is 10.6. The van der Waals surface area contributed by atoms with Crippen LogP contribution in [0.5, 0.6) is 0 Å². The average Bonchev–Trinajstić information content (AvgIpc) is 2.18. The van der Waals surface area contributed by atoms with Crippen LogP contribution >= 0.6 is 0 Å². The van der Waals surface area contributed by atoms with E-state index >= 15 is 0 Å². The molecule has 1 atom stereocenters. The topological polar surface area (TPSA) is 38.7 Å². The SMILES string of the molecule is CCCC1O[C-]=NC1=O. The van der Waals surface area contributed by atoms with Crippen molar-refractivity contribution in [3.63, 3.8) is 0 Å². The first-order valence-electron chi connectivity index (χ1n) is 3.00. The molecule has 1 heterocycles. The summed E-state index contributed by atoms with van der Waals surface area (Å²) in [5.74, 6) is -0.197. The summed E-state index contributed by atoms with van der Waals surface area (Å²) >= 11 is 0. The van der Waals surface area contributed by atoms with Crippen LogP contribution in [0.15, 0.2) is 4.99 Å². The van der Waals surface area contributed by atoms with Crippen LogP contribution in [0.3, 0.4) is 0 Å². The van der Waals surface area contributed by atoms with Gasteiger partial charge in [-0.05, 0) is 6.42 Å². The molecule has 0 radical (unpaired) electrons. The van der Waals surface area contributed by atoms with Gasteiger partial charge < -0.3 is 14.5 Å². The van der Waals surface area contributed by atoms with Crippen molar-refractivity contribution >= 4 is 12.3 Å². The molecule has 0 N–H and O–H groups in total. The maximum Gasteiger partial charge on any atom is 0.127 e. The van der Waals surface area contributed by atoms with E-state index in [9.17, 15) is 4.79 Å². The summed E-state index contributed by atoms with van der Waals surface area (Å²) < 4.78 is 4.74. The monoisotopic (exact) mass is 126 g/mol. The highest BCUT2D eigenvalue weighted by molar-refractivity contribution is 5.91. The molecule has 1 unspecified atom stereocenters. The van der Waals surface area contributed by atoms with Crippen molar-refractivity contribution in [2.24, 2.45) is 4.99 Å². The van der Waals surface area contributed by atoms with E-state index in [0.29, 0.717) is 0 Å². The first kappa shape index (κ1) is 6.26. The molecule has 3 heteroatoms. The number of ether oxygens (including phenoxy) is 1. The Morgan fingerprint density at radius 1 is 1.89 bits per heavy atom. The zero-order valence-corrected chi connectivity index (χ0v) is 5.26. The summed E-state index contributed by atoms with van der Waals surface area (Å²) in [5, 5.41) is 0. The van der Waals surface area contributed by atoms with Gasteiger partial charge in [0.2, 0.25) is 0 Å². The third kappa shape index (κ3) is 1.28. The molecule has 9 heavy (non-hydrogen) atoms. The smallest absolute Gasteiger partial charge is 0.127 e. The summed E-state index contributed by atoms with van der Waals surface area (Å²) in [6, 6.07) is 0. The molecule has 50 valence electrons. The van der Waals surface area contributed by atoms with Gasteiger partial charge in [0, 0.05) is 6.40 Å². The van der Waals surface area contributed by atoms with E-state index in [-0.39, 0.29) is 12.0 Å². The van der Waals surface area contributed by atoms with Crippen molar-refractivity contribution in [3.8, 4) is 0 Å². The normalized spacial score (nSPS) is 24.6. The van der Waals surface area contributed by atoms with Crippen molar-refractivity contribution in [1.29, 1.82) is 0 Å². The molecule has 0 fully saturated rings. The second-order valence-corrected chi connectivity index (χ2v) is 1.94. The number of rotatable bonds is 2. The Balaban J connectivity index is 2.37. The largest absolute Gasteiger partial charge is 0.578 e. The van der Waals surface area contributed by atoms with Crippen molar-refractivity contribution in [1.82, 2.24) is 0 Å². The first-order valence-corrected chi connectivity index (χ1v) is 3.00.